The van der Waals surface area contributed by atoms with Crippen LogP contribution in [0.15, 0.2) is 53.2 Å². The second-order valence-electron chi connectivity index (χ2n) is 5.84. The summed E-state index contributed by atoms with van der Waals surface area (Å²) in [5.74, 6) is 2.15. The topological polar surface area (TPSA) is 42.7 Å². The summed E-state index contributed by atoms with van der Waals surface area (Å²) in [5.41, 5.74) is 1.99. The van der Waals surface area contributed by atoms with Crippen molar-refractivity contribution in [2.75, 3.05) is 20.2 Å². The van der Waals surface area contributed by atoms with Crippen LogP contribution in [0.1, 0.15) is 30.6 Å². The molecule has 120 valence electrons. The molecule has 1 atom stereocenters. The van der Waals surface area contributed by atoms with Gasteiger partial charge in [0.1, 0.15) is 11.5 Å². The van der Waals surface area contributed by atoms with Crippen LogP contribution in [0.5, 0.6) is 5.75 Å². The lowest BCUT2D eigenvalue weighted by atomic mass is 10.1. The number of ether oxygens (including phenoxy) is 1. The molecule has 3 rings (SSSR count). The van der Waals surface area contributed by atoms with E-state index in [0.717, 1.165) is 42.2 Å². The van der Waals surface area contributed by atoms with Crippen LogP contribution in [0.3, 0.4) is 0 Å². The molecule has 4 heteroatoms. The van der Waals surface area contributed by atoms with Gasteiger partial charge in [-0.05, 0) is 48.7 Å². The van der Waals surface area contributed by atoms with E-state index >= 15 is 0 Å². The first-order chi connectivity index (χ1) is 11.2. The Morgan fingerprint density at radius 2 is 2.09 bits per heavy atom. The van der Waals surface area contributed by atoms with Gasteiger partial charge in [0.05, 0.1) is 13.4 Å². The molecule has 0 spiro atoms. The minimum Gasteiger partial charge on any atom is -0.497 e. The second kappa shape index (κ2) is 6.73. The van der Waals surface area contributed by atoms with Crippen molar-refractivity contribution >= 4 is 11.5 Å². The lowest BCUT2D eigenvalue weighted by Gasteiger charge is -2.14. The van der Waals surface area contributed by atoms with Crippen molar-refractivity contribution in [2.24, 2.45) is 0 Å². The smallest absolute Gasteiger partial charge is 0.246 e. The molecule has 0 bridgehead atoms. The molecule has 1 aromatic heterocycles. The summed E-state index contributed by atoms with van der Waals surface area (Å²) in [7, 11) is 1.64. The van der Waals surface area contributed by atoms with Crippen molar-refractivity contribution in [3.8, 4) is 5.75 Å². The van der Waals surface area contributed by atoms with Gasteiger partial charge >= 0.3 is 0 Å². The van der Waals surface area contributed by atoms with Crippen molar-refractivity contribution in [3.63, 3.8) is 0 Å². The maximum Gasteiger partial charge on any atom is 0.246 e. The van der Waals surface area contributed by atoms with E-state index in [1.165, 1.54) is 0 Å². The fraction of sp³-hybridized carbons (Fsp3) is 0.316. The zero-order valence-corrected chi connectivity index (χ0v) is 13.5. The largest absolute Gasteiger partial charge is 0.497 e. The van der Waals surface area contributed by atoms with E-state index in [9.17, 15) is 4.79 Å². The number of hydrogen-bond acceptors (Lipinski definition) is 3. The number of amides is 1. The Kier molecular flexibility index (Phi) is 4.51. The van der Waals surface area contributed by atoms with E-state index in [0.29, 0.717) is 5.92 Å². The number of likely N-dealkylation sites (tertiary alicyclic amines) is 1. The summed E-state index contributed by atoms with van der Waals surface area (Å²) < 4.78 is 10.6. The maximum absolute atomic E-state index is 12.5. The van der Waals surface area contributed by atoms with Gasteiger partial charge in [0.15, 0.2) is 0 Å². The van der Waals surface area contributed by atoms with E-state index < -0.39 is 0 Å². The lowest BCUT2D eigenvalue weighted by molar-refractivity contribution is -0.125. The number of methoxy groups -OCH3 is 1. The van der Waals surface area contributed by atoms with Gasteiger partial charge in [0, 0.05) is 25.1 Å². The number of rotatable bonds is 4. The highest BCUT2D eigenvalue weighted by Gasteiger charge is 2.28. The summed E-state index contributed by atoms with van der Waals surface area (Å²) in [6.07, 6.45) is 4.36. The van der Waals surface area contributed by atoms with Crippen LogP contribution in [0.25, 0.3) is 5.57 Å². The molecule has 2 heterocycles. The standard InChI is InChI=1S/C19H21NO3/c1-14(15-5-7-17(22-2)8-6-15)12-19(21)20-10-9-16(13-20)18-4-3-11-23-18/h3-8,11-12,16H,9-10,13H2,1-2H3/b14-12+. The number of furan rings is 1. The first kappa shape index (κ1) is 15.4. The minimum absolute atomic E-state index is 0.0624. The van der Waals surface area contributed by atoms with Crippen molar-refractivity contribution in [1.82, 2.24) is 4.90 Å². The van der Waals surface area contributed by atoms with Crippen LogP contribution in [0.4, 0.5) is 0 Å². The molecule has 1 saturated heterocycles. The molecular formula is C19H21NO3. The maximum atomic E-state index is 12.5. The van der Waals surface area contributed by atoms with Crippen molar-refractivity contribution in [3.05, 3.63) is 60.1 Å². The Morgan fingerprint density at radius 3 is 2.74 bits per heavy atom. The monoisotopic (exact) mass is 311 g/mol. The normalized spacial score (nSPS) is 18.3. The fourth-order valence-electron chi connectivity index (χ4n) is 2.93. The highest BCUT2D eigenvalue weighted by molar-refractivity contribution is 5.95. The van der Waals surface area contributed by atoms with E-state index in [-0.39, 0.29) is 5.91 Å². The molecule has 0 N–H and O–H groups in total. The van der Waals surface area contributed by atoms with E-state index in [4.69, 9.17) is 9.15 Å². The minimum atomic E-state index is 0.0624. The van der Waals surface area contributed by atoms with Crippen molar-refractivity contribution in [1.29, 1.82) is 0 Å². The van der Waals surface area contributed by atoms with Gasteiger partial charge in [-0.3, -0.25) is 4.79 Å². The van der Waals surface area contributed by atoms with Crippen LogP contribution >= 0.6 is 0 Å². The van der Waals surface area contributed by atoms with Gasteiger partial charge in [0.25, 0.3) is 0 Å². The number of nitrogens with zero attached hydrogens (tertiary/aromatic N) is 1. The third-order valence-corrected chi connectivity index (χ3v) is 4.33. The summed E-state index contributed by atoms with van der Waals surface area (Å²) in [6.45, 7) is 3.45. The van der Waals surface area contributed by atoms with Crippen LogP contribution < -0.4 is 4.74 Å². The van der Waals surface area contributed by atoms with Gasteiger partial charge in [-0.15, -0.1) is 0 Å². The molecule has 1 amide bonds. The first-order valence-electron chi connectivity index (χ1n) is 7.82. The molecule has 1 aliphatic rings. The Morgan fingerprint density at radius 1 is 1.30 bits per heavy atom. The van der Waals surface area contributed by atoms with E-state index in [2.05, 4.69) is 0 Å². The molecule has 1 aromatic carbocycles. The average Bonchev–Trinajstić information content (AvgIpc) is 3.25. The van der Waals surface area contributed by atoms with Crippen LogP contribution in [-0.4, -0.2) is 31.0 Å². The summed E-state index contributed by atoms with van der Waals surface area (Å²) in [6, 6.07) is 11.6. The fourth-order valence-corrected chi connectivity index (χ4v) is 2.93. The van der Waals surface area contributed by atoms with E-state index in [1.807, 2.05) is 48.2 Å². The van der Waals surface area contributed by atoms with Gasteiger partial charge in [0.2, 0.25) is 5.91 Å². The predicted octanol–water partition coefficient (Wildman–Crippen LogP) is 3.71. The molecule has 23 heavy (non-hydrogen) atoms. The second-order valence-corrected chi connectivity index (χ2v) is 5.84. The Hall–Kier alpha value is -2.49. The Labute approximate surface area is 136 Å². The Balaban J connectivity index is 1.66. The molecule has 1 aliphatic heterocycles. The lowest BCUT2D eigenvalue weighted by Crippen LogP contribution is -2.26. The molecule has 0 saturated carbocycles. The number of carbonyl (C=O) groups excluding carboxylic acids is 1. The molecular weight excluding hydrogens is 290 g/mol. The Bertz CT molecular complexity index is 686. The van der Waals surface area contributed by atoms with Gasteiger partial charge in [-0.25, -0.2) is 0 Å². The summed E-state index contributed by atoms with van der Waals surface area (Å²) >= 11 is 0. The summed E-state index contributed by atoms with van der Waals surface area (Å²) in [5, 5.41) is 0. The van der Waals surface area contributed by atoms with Crippen LogP contribution in [0, 0.1) is 0 Å². The molecule has 0 radical (unpaired) electrons. The average molecular weight is 311 g/mol. The zero-order valence-electron chi connectivity index (χ0n) is 13.5. The molecule has 1 unspecified atom stereocenters. The first-order valence-corrected chi connectivity index (χ1v) is 7.82. The zero-order chi connectivity index (χ0) is 16.2. The van der Waals surface area contributed by atoms with Gasteiger partial charge < -0.3 is 14.1 Å². The molecule has 4 nitrogen and oxygen atoms in total. The van der Waals surface area contributed by atoms with Crippen LogP contribution in [-0.2, 0) is 4.79 Å². The number of allylic oxidation sites excluding steroid dienone is 1. The van der Waals surface area contributed by atoms with E-state index in [1.54, 1.807) is 19.4 Å². The SMILES string of the molecule is COc1ccc(/C(C)=C/C(=O)N2CCC(c3ccco3)C2)cc1. The van der Waals surface area contributed by atoms with Crippen molar-refractivity contribution in [2.45, 2.75) is 19.3 Å². The predicted molar refractivity (Wildman–Crippen MR) is 89.3 cm³/mol. The highest BCUT2D eigenvalue weighted by atomic mass is 16.5. The highest BCUT2D eigenvalue weighted by Crippen LogP contribution is 2.28. The molecule has 1 fully saturated rings. The molecule has 0 aliphatic carbocycles. The number of benzene rings is 1. The van der Waals surface area contributed by atoms with Gasteiger partial charge in [-0.2, -0.15) is 0 Å². The molecule has 2 aromatic rings. The van der Waals surface area contributed by atoms with Gasteiger partial charge in [-0.1, -0.05) is 12.1 Å². The third-order valence-electron chi connectivity index (χ3n) is 4.33. The number of carbonyl (C=O) groups is 1. The summed E-state index contributed by atoms with van der Waals surface area (Å²) in [4.78, 5) is 14.4. The number of hydrogen-bond donors (Lipinski definition) is 0. The van der Waals surface area contributed by atoms with Crippen molar-refractivity contribution < 1.29 is 13.9 Å². The quantitative estimate of drug-likeness (QED) is 0.808. The van der Waals surface area contributed by atoms with Crippen LogP contribution in [0.2, 0.25) is 0 Å². The third kappa shape index (κ3) is 3.47.